The van der Waals surface area contributed by atoms with E-state index in [0.717, 1.165) is 30.4 Å². The number of benzene rings is 3. The van der Waals surface area contributed by atoms with Crippen LogP contribution in [0.1, 0.15) is 65.0 Å². The Hall–Kier alpha value is -4.26. The van der Waals surface area contributed by atoms with Crippen molar-refractivity contribution in [1.82, 2.24) is 0 Å². The highest BCUT2D eigenvalue weighted by atomic mass is 16.5. The highest BCUT2D eigenvalue weighted by Crippen LogP contribution is 2.43. The monoisotopic (exact) mass is 527 g/mol. The molecule has 0 spiro atoms. The second-order valence-corrected chi connectivity index (χ2v) is 9.85. The molecule has 4 aromatic rings. The molecule has 202 valence electrons. The molecule has 0 radical (unpaired) electrons. The first-order valence-corrected chi connectivity index (χ1v) is 13.2. The largest absolute Gasteiger partial charge is 0.497 e. The second kappa shape index (κ2) is 10.8. The van der Waals surface area contributed by atoms with Crippen LogP contribution < -0.4 is 24.5 Å². The molecule has 0 saturated heterocycles. The van der Waals surface area contributed by atoms with E-state index in [2.05, 4.69) is 6.92 Å². The van der Waals surface area contributed by atoms with Gasteiger partial charge in [0, 0.05) is 5.69 Å². The summed E-state index contributed by atoms with van der Waals surface area (Å²) in [6.07, 6.45) is 3.14. The lowest BCUT2D eigenvalue weighted by atomic mass is 9.97. The highest BCUT2D eigenvalue weighted by molar-refractivity contribution is 6.10. The Kier molecular flexibility index (Phi) is 7.33. The number of fused-ring (bicyclic) bond motifs is 2. The Bertz CT molecular complexity index is 1590. The fraction of sp³-hybridized carbons (Fsp3) is 0.312. The molecule has 7 nitrogen and oxygen atoms in total. The molecule has 39 heavy (non-hydrogen) atoms. The zero-order chi connectivity index (χ0) is 27.7. The second-order valence-electron chi connectivity index (χ2n) is 9.85. The molecule has 1 atom stereocenters. The Labute approximate surface area is 227 Å². The molecule has 5 rings (SSSR count). The van der Waals surface area contributed by atoms with Gasteiger partial charge in [-0.25, -0.2) is 0 Å². The van der Waals surface area contributed by atoms with Gasteiger partial charge in [0.2, 0.25) is 5.76 Å². The zero-order valence-electron chi connectivity index (χ0n) is 23.0. The van der Waals surface area contributed by atoms with Crippen LogP contribution in [0.2, 0.25) is 0 Å². The van der Waals surface area contributed by atoms with Crippen molar-refractivity contribution < 1.29 is 23.4 Å². The van der Waals surface area contributed by atoms with Crippen molar-refractivity contribution in [1.29, 1.82) is 0 Å². The highest BCUT2D eigenvalue weighted by Gasteiger charge is 2.44. The van der Waals surface area contributed by atoms with E-state index in [9.17, 15) is 9.59 Å². The average Bonchev–Trinajstić information content (AvgIpc) is 3.24. The summed E-state index contributed by atoms with van der Waals surface area (Å²) in [5.41, 5.74) is 3.79. The van der Waals surface area contributed by atoms with E-state index >= 15 is 0 Å². The third-order valence-corrected chi connectivity index (χ3v) is 7.35. The maximum atomic E-state index is 14.0. The number of aryl methyl sites for hydroxylation is 2. The third-order valence-electron chi connectivity index (χ3n) is 7.35. The number of amides is 1. The van der Waals surface area contributed by atoms with E-state index in [1.54, 1.807) is 43.4 Å². The molecule has 1 aromatic heterocycles. The fourth-order valence-electron chi connectivity index (χ4n) is 5.06. The molecule has 1 amide bonds. The van der Waals surface area contributed by atoms with Gasteiger partial charge in [-0.15, -0.1) is 0 Å². The molecule has 0 saturated carbocycles. The summed E-state index contributed by atoms with van der Waals surface area (Å²) in [6, 6.07) is 15.7. The van der Waals surface area contributed by atoms with Gasteiger partial charge >= 0.3 is 0 Å². The third kappa shape index (κ3) is 4.73. The van der Waals surface area contributed by atoms with Crippen LogP contribution in [0.4, 0.5) is 5.69 Å². The van der Waals surface area contributed by atoms with Crippen LogP contribution in [0.5, 0.6) is 17.2 Å². The quantitative estimate of drug-likeness (QED) is 0.224. The Morgan fingerprint density at radius 2 is 1.62 bits per heavy atom. The van der Waals surface area contributed by atoms with E-state index in [1.165, 1.54) is 0 Å². The zero-order valence-corrected chi connectivity index (χ0v) is 23.0. The summed E-state index contributed by atoms with van der Waals surface area (Å²) in [7, 11) is 3.17. The van der Waals surface area contributed by atoms with Crippen LogP contribution in [0.3, 0.4) is 0 Å². The Balaban J connectivity index is 1.68. The van der Waals surface area contributed by atoms with Gasteiger partial charge in [0.15, 0.2) is 16.9 Å². The lowest BCUT2D eigenvalue weighted by Gasteiger charge is -2.26. The average molecular weight is 528 g/mol. The van der Waals surface area contributed by atoms with Gasteiger partial charge in [0.1, 0.15) is 11.3 Å². The number of hydrogen-bond donors (Lipinski definition) is 0. The van der Waals surface area contributed by atoms with E-state index in [1.807, 2.05) is 44.2 Å². The first kappa shape index (κ1) is 26.4. The van der Waals surface area contributed by atoms with Crippen molar-refractivity contribution in [2.24, 2.45) is 0 Å². The molecule has 0 fully saturated rings. The lowest BCUT2D eigenvalue weighted by molar-refractivity contribution is 0.0971. The molecule has 3 aromatic carbocycles. The molecule has 0 bridgehead atoms. The van der Waals surface area contributed by atoms with Crippen molar-refractivity contribution in [3.05, 3.63) is 92.8 Å². The van der Waals surface area contributed by atoms with Gasteiger partial charge in [-0.05, 0) is 85.5 Å². The number of methoxy groups -OCH3 is 2. The molecule has 0 aliphatic carbocycles. The Morgan fingerprint density at radius 3 is 2.31 bits per heavy atom. The van der Waals surface area contributed by atoms with Crippen molar-refractivity contribution in [3.8, 4) is 17.2 Å². The maximum absolute atomic E-state index is 14.0. The molecular formula is C32H33NO6. The van der Waals surface area contributed by atoms with E-state index in [4.69, 9.17) is 18.6 Å². The van der Waals surface area contributed by atoms with E-state index in [0.29, 0.717) is 51.6 Å². The van der Waals surface area contributed by atoms with Crippen LogP contribution in [-0.4, -0.2) is 26.7 Å². The van der Waals surface area contributed by atoms with Crippen molar-refractivity contribution >= 4 is 22.6 Å². The molecule has 2 heterocycles. The standard InChI is InChI=1S/C32H33NO6/c1-6-7-8-15-38-25-14-9-21(18-27(25)37-5)29-28-30(34)24-16-19(2)20(3)17-26(24)39-31(28)32(35)33(29)22-10-12-23(36-4)13-11-22/h9-14,16-18,29H,6-8,15H2,1-5H3. The molecule has 1 unspecified atom stereocenters. The van der Waals surface area contributed by atoms with E-state index < -0.39 is 6.04 Å². The normalized spacial score (nSPS) is 14.5. The molecular weight excluding hydrogens is 494 g/mol. The number of unbranched alkanes of at least 4 members (excludes halogenated alkanes) is 2. The molecule has 7 heteroatoms. The Morgan fingerprint density at radius 1 is 0.872 bits per heavy atom. The summed E-state index contributed by atoms with van der Waals surface area (Å²) in [5, 5.41) is 0.453. The lowest BCUT2D eigenvalue weighted by Crippen LogP contribution is -2.29. The number of hydrogen-bond acceptors (Lipinski definition) is 6. The summed E-state index contributed by atoms with van der Waals surface area (Å²) >= 11 is 0. The minimum absolute atomic E-state index is 0.0513. The number of ether oxygens (including phenoxy) is 3. The van der Waals surface area contributed by atoms with Crippen molar-refractivity contribution in [3.63, 3.8) is 0 Å². The van der Waals surface area contributed by atoms with Gasteiger partial charge in [0.25, 0.3) is 5.91 Å². The molecule has 1 aliphatic rings. The first-order chi connectivity index (χ1) is 18.9. The predicted octanol–water partition coefficient (Wildman–Crippen LogP) is 6.75. The number of nitrogens with zero attached hydrogens (tertiary/aromatic N) is 1. The number of carbonyl (C=O) groups is 1. The SMILES string of the molecule is CCCCCOc1ccc(C2c3c(oc4cc(C)c(C)cc4c3=O)C(=O)N2c2ccc(OC)cc2)cc1OC. The summed E-state index contributed by atoms with van der Waals surface area (Å²) < 4.78 is 23.1. The van der Waals surface area contributed by atoms with Crippen LogP contribution in [0, 0.1) is 13.8 Å². The van der Waals surface area contributed by atoms with Gasteiger partial charge in [-0.1, -0.05) is 25.8 Å². The summed E-state index contributed by atoms with van der Waals surface area (Å²) in [5.74, 6) is 1.49. The maximum Gasteiger partial charge on any atom is 0.295 e. The molecule has 1 aliphatic heterocycles. The summed E-state index contributed by atoms with van der Waals surface area (Å²) in [6.45, 7) is 6.64. The van der Waals surface area contributed by atoms with Crippen LogP contribution >= 0.6 is 0 Å². The van der Waals surface area contributed by atoms with Crippen molar-refractivity contribution in [2.45, 2.75) is 46.1 Å². The first-order valence-electron chi connectivity index (χ1n) is 13.2. The molecule has 0 N–H and O–H groups in total. The van der Waals surface area contributed by atoms with Gasteiger partial charge in [-0.3, -0.25) is 14.5 Å². The number of rotatable bonds is 9. The van der Waals surface area contributed by atoms with Gasteiger partial charge in [-0.2, -0.15) is 0 Å². The number of carbonyl (C=O) groups excluding carboxylic acids is 1. The summed E-state index contributed by atoms with van der Waals surface area (Å²) in [4.78, 5) is 29.5. The smallest absolute Gasteiger partial charge is 0.295 e. The number of anilines is 1. The van der Waals surface area contributed by atoms with Crippen LogP contribution in [-0.2, 0) is 0 Å². The fourth-order valence-corrected chi connectivity index (χ4v) is 5.06. The minimum Gasteiger partial charge on any atom is -0.497 e. The minimum atomic E-state index is -0.716. The van der Waals surface area contributed by atoms with Gasteiger partial charge in [0.05, 0.1) is 37.8 Å². The predicted molar refractivity (Wildman–Crippen MR) is 152 cm³/mol. The van der Waals surface area contributed by atoms with Gasteiger partial charge < -0.3 is 18.6 Å². The van der Waals surface area contributed by atoms with Crippen LogP contribution in [0.15, 0.2) is 63.8 Å². The van der Waals surface area contributed by atoms with Crippen molar-refractivity contribution in [2.75, 3.05) is 25.7 Å². The van der Waals surface area contributed by atoms with E-state index in [-0.39, 0.29) is 17.1 Å². The van der Waals surface area contributed by atoms with Crippen LogP contribution in [0.25, 0.3) is 11.0 Å². The topological polar surface area (TPSA) is 78.2 Å².